The lowest BCUT2D eigenvalue weighted by molar-refractivity contribution is -0.128. The Hall–Kier alpha value is -4.48. The van der Waals surface area contributed by atoms with Crippen molar-refractivity contribution in [1.29, 1.82) is 0 Å². The lowest BCUT2D eigenvalue weighted by atomic mass is 10.1. The van der Waals surface area contributed by atoms with Crippen molar-refractivity contribution in [1.82, 2.24) is 20.2 Å². The Morgan fingerprint density at radius 1 is 1.10 bits per heavy atom. The van der Waals surface area contributed by atoms with E-state index in [4.69, 9.17) is 9.15 Å². The number of hydrogen-bond donors (Lipinski definition) is 2. The van der Waals surface area contributed by atoms with Crippen molar-refractivity contribution in [3.05, 3.63) is 58.2 Å². The maximum Gasteiger partial charge on any atom is 0.407 e. The summed E-state index contributed by atoms with van der Waals surface area (Å²) in [6, 6.07) is 8.89. The average Bonchev–Trinajstić information content (AvgIpc) is 2.88. The molecule has 0 saturated heterocycles. The van der Waals surface area contributed by atoms with E-state index in [0.717, 1.165) is 5.69 Å². The van der Waals surface area contributed by atoms with Gasteiger partial charge in [-0.1, -0.05) is 6.07 Å². The van der Waals surface area contributed by atoms with Crippen LogP contribution in [0.1, 0.15) is 38.4 Å². The third-order valence-electron chi connectivity index (χ3n) is 5.90. The smallest absolute Gasteiger partial charge is 0.407 e. The molecule has 0 aliphatic carbocycles. The van der Waals surface area contributed by atoms with Gasteiger partial charge in [0.25, 0.3) is 0 Å². The normalized spacial score (nSPS) is 11.2. The van der Waals surface area contributed by atoms with Crippen LogP contribution in [0.5, 0.6) is 0 Å². The second-order valence-corrected chi connectivity index (χ2v) is 10.4. The third kappa shape index (κ3) is 8.52. The number of fused-ring (bicyclic) bond motifs is 1. The van der Waals surface area contributed by atoms with Gasteiger partial charge < -0.3 is 29.6 Å². The Morgan fingerprint density at radius 2 is 1.85 bits per heavy atom. The lowest BCUT2D eigenvalue weighted by Crippen LogP contribution is -2.38. The quantitative estimate of drug-likeness (QED) is 0.387. The van der Waals surface area contributed by atoms with Crippen LogP contribution in [0.4, 0.5) is 16.5 Å². The number of aryl methyl sites for hydroxylation is 1. The number of alkyl carbamates (subject to hydrolysis) is 1. The molecule has 3 aromatic rings. The molecule has 3 rings (SSSR count). The van der Waals surface area contributed by atoms with E-state index in [1.54, 1.807) is 65.0 Å². The van der Waals surface area contributed by atoms with Crippen LogP contribution in [0, 0.1) is 6.92 Å². The van der Waals surface area contributed by atoms with E-state index >= 15 is 0 Å². The molecule has 0 aliphatic heterocycles. The van der Waals surface area contributed by atoms with Crippen molar-refractivity contribution < 1.29 is 23.5 Å². The average molecular weight is 553 g/mol. The highest BCUT2D eigenvalue weighted by molar-refractivity contribution is 5.96. The molecule has 0 radical (unpaired) electrons. The molecule has 0 fully saturated rings. The molecule has 2 heterocycles. The fourth-order valence-electron chi connectivity index (χ4n) is 3.76. The van der Waals surface area contributed by atoms with E-state index in [-0.39, 0.29) is 42.7 Å². The molecule has 2 aromatic heterocycles. The number of nitrogens with one attached hydrogen (secondary N) is 2. The molecule has 12 heteroatoms. The van der Waals surface area contributed by atoms with E-state index in [0.29, 0.717) is 29.7 Å². The zero-order valence-corrected chi connectivity index (χ0v) is 23.7. The minimum absolute atomic E-state index is 0.00776. The first-order chi connectivity index (χ1) is 18.8. The maximum absolute atomic E-state index is 12.9. The van der Waals surface area contributed by atoms with Crippen LogP contribution in [0.25, 0.3) is 10.9 Å². The highest BCUT2D eigenvalue weighted by Crippen LogP contribution is 2.24. The van der Waals surface area contributed by atoms with Gasteiger partial charge in [0.05, 0.1) is 10.9 Å². The summed E-state index contributed by atoms with van der Waals surface area (Å²) >= 11 is 0. The Labute approximate surface area is 232 Å². The van der Waals surface area contributed by atoms with E-state index in [2.05, 4.69) is 20.6 Å². The van der Waals surface area contributed by atoms with Gasteiger partial charge in [-0.25, -0.2) is 9.59 Å². The van der Waals surface area contributed by atoms with Gasteiger partial charge in [-0.3, -0.25) is 14.6 Å². The molecule has 3 amide bonds. The van der Waals surface area contributed by atoms with Gasteiger partial charge in [-0.2, -0.15) is 4.98 Å². The molecule has 40 heavy (non-hydrogen) atoms. The number of pyridine rings is 1. The number of amides is 3. The molecule has 2 N–H and O–H groups in total. The molecule has 0 bridgehead atoms. The van der Waals surface area contributed by atoms with Gasteiger partial charge in [0.1, 0.15) is 12.1 Å². The largest absolute Gasteiger partial charge is 0.444 e. The van der Waals surface area contributed by atoms with Gasteiger partial charge in [-0.15, -0.1) is 0 Å². The monoisotopic (exact) mass is 552 g/mol. The topological polar surface area (TPSA) is 147 Å². The van der Waals surface area contributed by atoms with Gasteiger partial charge in [0.2, 0.25) is 11.8 Å². The number of ether oxygens (including phenoxy) is 1. The Morgan fingerprint density at radius 3 is 2.52 bits per heavy atom. The van der Waals surface area contributed by atoms with Gasteiger partial charge in [0, 0.05) is 57.6 Å². The molecule has 0 aliphatic rings. The number of anilines is 2. The molecule has 12 nitrogen and oxygen atoms in total. The van der Waals surface area contributed by atoms with Crippen LogP contribution in [0.3, 0.4) is 0 Å². The molecular formula is C28H36N6O6. The van der Waals surface area contributed by atoms with E-state index < -0.39 is 17.3 Å². The summed E-state index contributed by atoms with van der Waals surface area (Å²) in [5.74, 6) is -0.517. The first-order valence-corrected chi connectivity index (χ1v) is 12.9. The van der Waals surface area contributed by atoms with Crippen LogP contribution >= 0.6 is 0 Å². The summed E-state index contributed by atoms with van der Waals surface area (Å²) in [6.07, 6.45) is 1.74. The van der Waals surface area contributed by atoms with Crippen molar-refractivity contribution in [2.45, 2.75) is 46.1 Å². The molecule has 0 saturated carbocycles. The first-order valence-electron chi connectivity index (χ1n) is 12.9. The summed E-state index contributed by atoms with van der Waals surface area (Å²) < 4.78 is 10.6. The van der Waals surface area contributed by atoms with E-state index in [1.165, 1.54) is 4.90 Å². The minimum Gasteiger partial charge on any atom is -0.444 e. The summed E-state index contributed by atoms with van der Waals surface area (Å²) in [4.78, 5) is 61.5. The Kier molecular flexibility index (Phi) is 9.81. The highest BCUT2D eigenvalue weighted by atomic mass is 16.6. The van der Waals surface area contributed by atoms with Crippen LogP contribution in [-0.2, 0) is 20.7 Å². The number of nitrogens with zero attached hydrogens (tertiary/aromatic N) is 4. The van der Waals surface area contributed by atoms with Gasteiger partial charge in [-0.05, 0) is 57.5 Å². The van der Waals surface area contributed by atoms with Crippen molar-refractivity contribution in [2.75, 3.05) is 43.9 Å². The SMILES string of the molecule is Cc1c(NC(=O)CCNC(=O)OC(C)(C)C)ccc2nc(N(C)CC(=O)N(C)CCc3ccccn3)oc(=O)c12. The number of carbonyl (C=O) groups is 3. The van der Waals surface area contributed by atoms with Crippen molar-refractivity contribution in [3.63, 3.8) is 0 Å². The fourth-order valence-corrected chi connectivity index (χ4v) is 3.76. The van der Waals surface area contributed by atoms with Crippen LogP contribution in [0.2, 0.25) is 0 Å². The standard InChI is InChI=1S/C28H36N6O6/c1-18-20(31-22(35)12-15-30-27(38)40-28(2,3)4)10-11-21-24(18)25(37)39-26(32-21)34(6)17-23(36)33(5)16-13-19-9-7-8-14-29-19/h7-11,14H,12-13,15-17H2,1-6H3,(H,30,38)(H,31,35). The zero-order chi connectivity index (χ0) is 29.4. The van der Waals surface area contributed by atoms with Crippen LogP contribution in [-0.4, -0.2) is 72.1 Å². The molecule has 0 atom stereocenters. The second-order valence-electron chi connectivity index (χ2n) is 10.4. The number of carbonyl (C=O) groups excluding carboxylic acids is 3. The molecular weight excluding hydrogens is 516 g/mol. The van der Waals surface area contributed by atoms with Crippen LogP contribution < -0.4 is 21.2 Å². The van der Waals surface area contributed by atoms with Crippen molar-refractivity contribution >= 4 is 40.5 Å². The zero-order valence-electron chi connectivity index (χ0n) is 23.7. The lowest BCUT2D eigenvalue weighted by Gasteiger charge is -2.21. The Bertz CT molecular complexity index is 1420. The maximum atomic E-state index is 12.9. The van der Waals surface area contributed by atoms with Crippen molar-refractivity contribution in [2.24, 2.45) is 0 Å². The second kappa shape index (κ2) is 13.0. The number of hydrogen-bond acceptors (Lipinski definition) is 9. The number of likely N-dealkylation sites (N-methyl/N-ethyl adjacent to an activating group) is 2. The van der Waals surface area contributed by atoms with Crippen molar-refractivity contribution in [3.8, 4) is 0 Å². The number of aromatic nitrogens is 2. The molecule has 0 unspecified atom stereocenters. The predicted molar refractivity (Wildman–Crippen MR) is 151 cm³/mol. The summed E-state index contributed by atoms with van der Waals surface area (Å²) in [5.41, 5.74) is 0.909. The van der Waals surface area contributed by atoms with Crippen LogP contribution in [0.15, 0.2) is 45.7 Å². The summed E-state index contributed by atoms with van der Waals surface area (Å²) in [6.45, 7) is 7.47. The van der Waals surface area contributed by atoms with E-state index in [9.17, 15) is 19.2 Å². The molecule has 1 aromatic carbocycles. The summed E-state index contributed by atoms with van der Waals surface area (Å²) in [5, 5.41) is 5.50. The number of benzene rings is 1. The third-order valence-corrected chi connectivity index (χ3v) is 5.90. The number of rotatable bonds is 10. The van der Waals surface area contributed by atoms with Gasteiger partial charge >= 0.3 is 17.7 Å². The Balaban J connectivity index is 1.61. The first kappa shape index (κ1) is 30.1. The van der Waals surface area contributed by atoms with Gasteiger partial charge in [0.15, 0.2) is 0 Å². The summed E-state index contributed by atoms with van der Waals surface area (Å²) in [7, 11) is 3.32. The highest BCUT2D eigenvalue weighted by Gasteiger charge is 2.19. The minimum atomic E-state index is -0.636. The molecule has 0 spiro atoms. The fraction of sp³-hybridized carbons (Fsp3) is 0.429. The predicted octanol–water partition coefficient (Wildman–Crippen LogP) is 2.88. The van der Waals surface area contributed by atoms with E-state index in [1.807, 2.05) is 18.2 Å². The molecule has 214 valence electrons.